The van der Waals surface area contributed by atoms with E-state index in [4.69, 9.17) is 21.6 Å². The van der Waals surface area contributed by atoms with Gasteiger partial charge in [0.25, 0.3) is 0 Å². The molecule has 7 rings (SSSR count). The van der Waals surface area contributed by atoms with Crippen LogP contribution in [0, 0.1) is 16.7 Å². The highest BCUT2D eigenvalue weighted by atomic mass is 35.5. The van der Waals surface area contributed by atoms with E-state index in [2.05, 4.69) is 45.5 Å². The number of rotatable bonds is 4. The van der Waals surface area contributed by atoms with Crippen molar-refractivity contribution in [3.05, 3.63) is 52.6 Å². The number of hydrogen-bond acceptors (Lipinski definition) is 9. The number of benzene rings is 1. The lowest BCUT2D eigenvalue weighted by Gasteiger charge is -2.60. The van der Waals surface area contributed by atoms with Gasteiger partial charge in [-0.2, -0.15) is 5.26 Å². The maximum Gasteiger partial charge on any atom is 0.231 e. The number of ether oxygens (including phenoxy) is 1. The molecule has 12 heteroatoms. The lowest BCUT2D eigenvalue weighted by molar-refractivity contribution is -0.142. The lowest BCUT2D eigenvalue weighted by Crippen LogP contribution is -2.73. The molecule has 0 atom stereocenters. The Kier molecular flexibility index (Phi) is 4.77. The zero-order valence-corrected chi connectivity index (χ0v) is 20.2. The molecule has 0 unspecified atom stereocenters. The topological polar surface area (TPSA) is 99.2 Å². The van der Waals surface area contributed by atoms with Gasteiger partial charge in [-0.1, -0.05) is 11.6 Å². The third kappa shape index (κ3) is 3.51. The molecule has 0 amide bonds. The van der Waals surface area contributed by atoms with Crippen LogP contribution in [0.15, 0.2) is 30.5 Å². The van der Waals surface area contributed by atoms with Gasteiger partial charge < -0.3 is 14.5 Å². The quantitative estimate of drug-likeness (QED) is 0.524. The molecule has 0 saturated carbocycles. The van der Waals surface area contributed by atoms with Crippen LogP contribution in [0.25, 0.3) is 5.69 Å². The summed E-state index contributed by atoms with van der Waals surface area (Å²) < 4.78 is 22.1. The van der Waals surface area contributed by atoms with E-state index in [0.29, 0.717) is 29.8 Å². The van der Waals surface area contributed by atoms with Gasteiger partial charge in [-0.3, -0.25) is 9.47 Å². The Morgan fingerprint density at radius 2 is 1.89 bits per heavy atom. The maximum atomic E-state index is 14.9. The minimum atomic E-state index is -1.33. The highest BCUT2D eigenvalue weighted by Gasteiger charge is 2.54. The van der Waals surface area contributed by atoms with Gasteiger partial charge in [0.15, 0.2) is 11.5 Å². The normalized spacial score (nSPS) is 21.5. The van der Waals surface area contributed by atoms with Gasteiger partial charge in [-0.15, -0.1) is 10.2 Å². The molecule has 10 nitrogen and oxygen atoms in total. The lowest BCUT2D eigenvalue weighted by atomic mass is 9.73. The molecule has 4 aliphatic rings. The minimum absolute atomic E-state index is 0.128. The summed E-state index contributed by atoms with van der Waals surface area (Å²) in [5.74, 6) is 2.18. The Morgan fingerprint density at radius 3 is 2.64 bits per heavy atom. The van der Waals surface area contributed by atoms with Crippen molar-refractivity contribution in [2.24, 2.45) is 5.41 Å². The van der Waals surface area contributed by atoms with Crippen LogP contribution in [0.2, 0.25) is 5.02 Å². The number of halogens is 2. The van der Waals surface area contributed by atoms with Gasteiger partial charge in [-0.25, -0.2) is 14.4 Å². The molecule has 2 aromatic heterocycles. The van der Waals surface area contributed by atoms with Crippen molar-refractivity contribution in [1.29, 1.82) is 5.26 Å². The standard InChI is InChI=1S/C24H23ClFN9O/c25-17-1-2-19-16(5-17)7-32(13-24(26)14-36-15-24)8-20-30-31-22(35(19)20)34-11-23(12-34)9-33(10-23)21-28-4-3-18(6-27)29-21/h1-5H,7-15H2. The third-order valence-corrected chi connectivity index (χ3v) is 7.65. The van der Waals surface area contributed by atoms with E-state index in [1.165, 1.54) is 0 Å². The second-order valence-electron chi connectivity index (χ2n) is 10.4. The predicted molar refractivity (Wildman–Crippen MR) is 129 cm³/mol. The second-order valence-corrected chi connectivity index (χ2v) is 10.8. The van der Waals surface area contributed by atoms with Crippen LogP contribution in [0.4, 0.5) is 16.3 Å². The molecule has 6 heterocycles. The van der Waals surface area contributed by atoms with Crippen LogP contribution in [-0.2, 0) is 17.8 Å². The van der Waals surface area contributed by atoms with E-state index in [0.717, 1.165) is 49.2 Å². The molecule has 3 saturated heterocycles. The van der Waals surface area contributed by atoms with Crippen molar-refractivity contribution in [1.82, 2.24) is 29.6 Å². The van der Waals surface area contributed by atoms with E-state index in [1.54, 1.807) is 12.3 Å². The summed E-state index contributed by atoms with van der Waals surface area (Å²) in [6.07, 6.45) is 1.63. The fourth-order valence-electron chi connectivity index (χ4n) is 5.76. The molecule has 0 N–H and O–H groups in total. The Morgan fingerprint density at radius 1 is 1.08 bits per heavy atom. The summed E-state index contributed by atoms with van der Waals surface area (Å²) in [5, 5.41) is 18.8. The van der Waals surface area contributed by atoms with E-state index in [-0.39, 0.29) is 25.2 Å². The van der Waals surface area contributed by atoms with Crippen molar-refractivity contribution in [3.63, 3.8) is 0 Å². The van der Waals surface area contributed by atoms with E-state index in [9.17, 15) is 4.39 Å². The Balaban J connectivity index is 1.12. The fourth-order valence-corrected chi connectivity index (χ4v) is 5.95. The Hall–Kier alpha value is -3.33. The van der Waals surface area contributed by atoms with Crippen LogP contribution in [0.5, 0.6) is 0 Å². The first-order chi connectivity index (χ1) is 17.4. The zero-order chi connectivity index (χ0) is 24.5. The van der Waals surface area contributed by atoms with Gasteiger partial charge >= 0.3 is 0 Å². The second kappa shape index (κ2) is 7.83. The average molecular weight is 508 g/mol. The first-order valence-electron chi connectivity index (χ1n) is 11.9. The fraction of sp³-hybridized carbons (Fsp3) is 0.458. The van der Waals surface area contributed by atoms with Crippen LogP contribution in [0.3, 0.4) is 0 Å². The molecule has 1 aromatic carbocycles. The molecule has 1 spiro atoms. The summed E-state index contributed by atoms with van der Waals surface area (Å²) in [7, 11) is 0. The van der Waals surface area contributed by atoms with Gasteiger partial charge in [-0.05, 0) is 29.8 Å². The molecule has 3 aromatic rings. The van der Waals surface area contributed by atoms with E-state index >= 15 is 0 Å². The largest absolute Gasteiger partial charge is 0.375 e. The van der Waals surface area contributed by atoms with Gasteiger partial charge in [0.2, 0.25) is 11.9 Å². The van der Waals surface area contributed by atoms with Crippen LogP contribution in [-0.4, -0.2) is 81.2 Å². The number of alkyl halides is 1. The smallest absolute Gasteiger partial charge is 0.231 e. The summed E-state index contributed by atoms with van der Waals surface area (Å²) in [4.78, 5) is 15.0. The first kappa shape index (κ1) is 21.9. The Labute approximate surface area is 211 Å². The molecule has 0 radical (unpaired) electrons. The van der Waals surface area contributed by atoms with Crippen LogP contribution in [0.1, 0.15) is 17.1 Å². The van der Waals surface area contributed by atoms with Gasteiger partial charge in [0.1, 0.15) is 11.8 Å². The van der Waals surface area contributed by atoms with Crippen molar-refractivity contribution in [2.45, 2.75) is 18.8 Å². The molecule has 0 aliphatic carbocycles. The average Bonchev–Trinajstić information content (AvgIpc) is 3.12. The number of hydrogen-bond donors (Lipinski definition) is 0. The highest BCUT2D eigenvalue weighted by Crippen LogP contribution is 2.43. The van der Waals surface area contributed by atoms with Crippen molar-refractivity contribution in [2.75, 3.05) is 55.7 Å². The number of fused-ring (bicyclic) bond motifs is 3. The molecule has 0 bridgehead atoms. The van der Waals surface area contributed by atoms with Crippen LogP contribution >= 0.6 is 11.6 Å². The molecule has 184 valence electrons. The number of nitriles is 1. The maximum absolute atomic E-state index is 14.9. The van der Waals surface area contributed by atoms with Crippen molar-refractivity contribution < 1.29 is 9.13 Å². The Bertz CT molecular complexity index is 1390. The summed E-state index contributed by atoms with van der Waals surface area (Å²) >= 11 is 6.34. The SMILES string of the molecule is N#Cc1ccnc(N2CC3(C2)CN(c2nnc4n2-c2ccc(Cl)cc2CN(CC2(F)COC2)C4)C3)n1. The van der Waals surface area contributed by atoms with Gasteiger partial charge in [0.05, 0.1) is 25.4 Å². The molecule has 3 fully saturated rings. The third-order valence-electron chi connectivity index (χ3n) is 7.41. The van der Waals surface area contributed by atoms with E-state index < -0.39 is 5.67 Å². The zero-order valence-electron chi connectivity index (χ0n) is 19.4. The minimum Gasteiger partial charge on any atom is -0.375 e. The first-order valence-corrected chi connectivity index (χ1v) is 12.3. The predicted octanol–water partition coefficient (Wildman–Crippen LogP) is 1.96. The van der Waals surface area contributed by atoms with Gasteiger partial charge in [0, 0.05) is 55.9 Å². The number of nitrogens with zero attached hydrogens (tertiary/aromatic N) is 9. The molecular formula is C24H23ClFN9O. The van der Waals surface area contributed by atoms with Crippen LogP contribution < -0.4 is 9.80 Å². The summed E-state index contributed by atoms with van der Waals surface area (Å²) in [6.45, 7) is 4.95. The summed E-state index contributed by atoms with van der Waals surface area (Å²) in [5.41, 5.74) is 1.19. The molecular weight excluding hydrogens is 485 g/mol. The number of aromatic nitrogens is 5. The van der Waals surface area contributed by atoms with Crippen molar-refractivity contribution >= 4 is 23.5 Å². The van der Waals surface area contributed by atoms with Crippen molar-refractivity contribution in [3.8, 4) is 11.8 Å². The summed E-state index contributed by atoms with van der Waals surface area (Å²) in [6, 6.07) is 9.49. The highest BCUT2D eigenvalue weighted by molar-refractivity contribution is 6.30. The number of anilines is 2. The molecule has 4 aliphatic heterocycles. The molecule has 36 heavy (non-hydrogen) atoms. The van der Waals surface area contributed by atoms with E-state index in [1.807, 2.05) is 18.2 Å². The monoisotopic (exact) mass is 507 g/mol.